The van der Waals surface area contributed by atoms with Crippen molar-refractivity contribution in [2.24, 2.45) is 0 Å². The van der Waals surface area contributed by atoms with Gasteiger partial charge in [0, 0.05) is 48.8 Å². The molecule has 1 amide bonds. The van der Waals surface area contributed by atoms with Crippen LogP contribution in [0.2, 0.25) is 0 Å². The SMILES string of the molecule is COc1ccc(C(CC(=O)NCCn2ccc3ccccc32)c2c(O)cc(C)oc2=O)c(OC)c1OC. The number of carbonyl (C=O) groups is 1. The molecule has 0 aliphatic carbocycles. The summed E-state index contributed by atoms with van der Waals surface area (Å²) < 4.78 is 23.8. The number of aromatic hydroxyl groups is 1. The molecule has 0 aliphatic rings. The van der Waals surface area contributed by atoms with Crippen molar-refractivity contribution in [2.45, 2.75) is 25.8 Å². The molecule has 0 saturated carbocycles. The standard InChI is InChI=1S/C28H30N2O7/c1-17-15-22(31)25(28(33)37-17)20(19-9-10-23(34-2)27(36-4)26(19)35-3)16-24(32)29-12-14-30-13-11-18-7-5-6-8-21(18)30/h5-11,13,15,20,31H,12,14,16H2,1-4H3,(H,29,32). The van der Waals surface area contributed by atoms with Gasteiger partial charge in [0.05, 0.1) is 26.9 Å². The molecule has 1 atom stereocenters. The van der Waals surface area contributed by atoms with E-state index in [1.165, 1.54) is 27.4 Å². The Balaban J connectivity index is 1.64. The molecule has 2 aromatic carbocycles. The molecule has 9 heteroatoms. The number of hydrogen-bond acceptors (Lipinski definition) is 7. The molecule has 37 heavy (non-hydrogen) atoms. The second-order valence-corrected chi connectivity index (χ2v) is 8.54. The van der Waals surface area contributed by atoms with Crippen molar-refractivity contribution in [2.75, 3.05) is 27.9 Å². The number of rotatable bonds is 10. The average Bonchev–Trinajstić information content (AvgIpc) is 3.29. The van der Waals surface area contributed by atoms with Crippen LogP contribution in [0.3, 0.4) is 0 Å². The van der Waals surface area contributed by atoms with Crippen LogP contribution in [0.25, 0.3) is 10.9 Å². The van der Waals surface area contributed by atoms with Crippen molar-refractivity contribution in [3.05, 3.63) is 82.0 Å². The van der Waals surface area contributed by atoms with Crippen LogP contribution in [0.5, 0.6) is 23.0 Å². The number of nitrogens with zero attached hydrogens (tertiary/aromatic N) is 1. The van der Waals surface area contributed by atoms with Crippen LogP contribution >= 0.6 is 0 Å². The molecular formula is C28H30N2O7. The highest BCUT2D eigenvalue weighted by Crippen LogP contribution is 2.45. The second-order valence-electron chi connectivity index (χ2n) is 8.54. The maximum Gasteiger partial charge on any atom is 0.343 e. The van der Waals surface area contributed by atoms with E-state index < -0.39 is 11.5 Å². The first kappa shape index (κ1) is 25.7. The molecule has 2 aromatic heterocycles. The van der Waals surface area contributed by atoms with Crippen LogP contribution in [0.1, 0.15) is 29.2 Å². The van der Waals surface area contributed by atoms with Crippen molar-refractivity contribution in [1.29, 1.82) is 0 Å². The number of para-hydroxylation sites is 1. The van der Waals surface area contributed by atoms with E-state index in [0.29, 0.717) is 30.2 Å². The summed E-state index contributed by atoms with van der Waals surface area (Å²) >= 11 is 0. The van der Waals surface area contributed by atoms with Gasteiger partial charge < -0.3 is 33.6 Å². The number of methoxy groups -OCH3 is 3. The summed E-state index contributed by atoms with van der Waals surface area (Å²) in [5, 5.41) is 14.8. The molecule has 0 radical (unpaired) electrons. The van der Waals surface area contributed by atoms with E-state index in [2.05, 4.69) is 9.88 Å². The van der Waals surface area contributed by atoms with Crippen molar-refractivity contribution < 1.29 is 28.5 Å². The lowest BCUT2D eigenvalue weighted by molar-refractivity contribution is -0.121. The third kappa shape index (κ3) is 5.25. The molecule has 0 saturated heterocycles. The Labute approximate surface area is 214 Å². The van der Waals surface area contributed by atoms with Crippen LogP contribution in [-0.4, -0.2) is 43.5 Å². The molecule has 0 spiro atoms. The van der Waals surface area contributed by atoms with Gasteiger partial charge in [-0.1, -0.05) is 24.3 Å². The fourth-order valence-corrected chi connectivity index (χ4v) is 4.60. The van der Waals surface area contributed by atoms with E-state index in [0.717, 1.165) is 10.9 Å². The lowest BCUT2D eigenvalue weighted by Crippen LogP contribution is -2.29. The topological polar surface area (TPSA) is 112 Å². The van der Waals surface area contributed by atoms with Crippen molar-refractivity contribution in [1.82, 2.24) is 9.88 Å². The zero-order valence-electron chi connectivity index (χ0n) is 21.2. The third-order valence-electron chi connectivity index (χ3n) is 6.29. The highest BCUT2D eigenvalue weighted by atomic mass is 16.5. The molecule has 0 bridgehead atoms. The minimum Gasteiger partial charge on any atom is -0.507 e. The molecule has 4 rings (SSSR count). The van der Waals surface area contributed by atoms with Gasteiger partial charge in [-0.2, -0.15) is 0 Å². The molecule has 2 heterocycles. The summed E-state index contributed by atoms with van der Waals surface area (Å²) in [7, 11) is 4.42. The second kappa shape index (κ2) is 11.1. The van der Waals surface area contributed by atoms with E-state index in [-0.39, 0.29) is 35.2 Å². The summed E-state index contributed by atoms with van der Waals surface area (Å²) in [4.78, 5) is 26.0. The number of amides is 1. The Morgan fingerprint density at radius 3 is 2.51 bits per heavy atom. The number of hydrogen-bond donors (Lipinski definition) is 2. The number of nitrogens with one attached hydrogen (secondary N) is 1. The molecule has 194 valence electrons. The number of carbonyl (C=O) groups excluding carboxylic acids is 1. The summed E-state index contributed by atoms with van der Waals surface area (Å²) in [6.07, 6.45) is 1.84. The minimum absolute atomic E-state index is 0.0392. The van der Waals surface area contributed by atoms with E-state index in [1.807, 2.05) is 36.5 Å². The highest BCUT2D eigenvalue weighted by Gasteiger charge is 2.30. The Bertz CT molecular complexity index is 1470. The van der Waals surface area contributed by atoms with Gasteiger partial charge in [-0.25, -0.2) is 4.79 Å². The van der Waals surface area contributed by atoms with Crippen molar-refractivity contribution >= 4 is 16.8 Å². The number of aryl methyl sites for hydroxylation is 1. The number of fused-ring (bicyclic) bond motifs is 1. The van der Waals surface area contributed by atoms with Crippen molar-refractivity contribution in [3.63, 3.8) is 0 Å². The van der Waals surface area contributed by atoms with Crippen molar-refractivity contribution in [3.8, 4) is 23.0 Å². The summed E-state index contributed by atoms with van der Waals surface area (Å²) in [5.74, 6) is -0.168. The van der Waals surface area contributed by atoms with Gasteiger partial charge in [0.15, 0.2) is 11.5 Å². The fraction of sp³-hybridized carbons (Fsp3) is 0.286. The van der Waals surface area contributed by atoms with Crippen LogP contribution in [0.4, 0.5) is 0 Å². The van der Waals surface area contributed by atoms with Gasteiger partial charge in [0.25, 0.3) is 0 Å². The van der Waals surface area contributed by atoms with Crippen LogP contribution in [0, 0.1) is 6.92 Å². The molecule has 0 fully saturated rings. The number of ether oxygens (including phenoxy) is 3. The largest absolute Gasteiger partial charge is 0.507 e. The summed E-state index contributed by atoms with van der Waals surface area (Å²) in [6, 6.07) is 14.7. The zero-order valence-corrected chi connectivity index (χ0v) is 21.2. The van der Waals surface area contributed by atoms with Crippen LogP contribution in [-0.2, 0) is 11.3 Å². The predicted octanol–water partition coefficient (Wildman–Crippen LogP) is 3.97. The Morgan fingerprint density at radius 2 is 1.81 bits per heavy atom. The normalized spacial score (nSPS) is 11.8. The molecule has 2 N–H and O–H groups in total. The lowest BCUT2D eigenvalue weighted by Gasteiger charge is -2.22. The maximum atomic E-state index is 13.1. The average molecular weight is 507 g/mol. The van der Waals surface area contributed by atoms with Crippen LogP contribution in [0.15, 0.2) is 63.9 Å². The van der Waals surface area contributed by atoms with Gasteiger partial charge in [-0.05, 0) is 30.5 Å². The van der Waals surface area contributed by atoms with Gasteiger partial charge >= 0.3 is 5.63 Å². The molecule has 4 aromatic rings. The molecule has 1 unspecified atom stereocenters. The van der Waals surface area contributed by atoms with Gasteiger partial charge in [-0.3, -0.25) is 4.79 Å². The van der Waals surface area contributed by atoms with E-state index >= 15 is 0 Å². The summed E-state index contributed by atoms with van der Waals surface area (Å²) in [6.45, 7) is 2.51. The highest BCUT2D eigenvalue weighted by molar-refractivity contribution is 5.80. The van der Waals surface area contributed by atoms with Gasteiger partial charge in [0.1, 0.15) is 11.5 Å². The fourth-order valence-electron chi connectivity index (χ4n) is 4.60. The smallest absolute Gasteiger partial charge is 0.343 e. The van der Waals surface area contributed by atoms with Gasteiger partial charge in [0.2, 0.25) is 11.7 Å². The first-order valence-electron chi connectivity index (χ1n) is 11.8. The van der Waals surface area contributed by atoms with Gasteiger partial charge in [-0.15, -0.1) is 0 Å². The van der Waals surface area contributed by atoms with E-state index in [9.17, 15) is 14.7 Å². The molecular weight excluding hydrogens is 476 g/mol. The minimum atomic E-state index is -0.876. The Hall–Kier alpha value is -4.40. The van der Waals surface area contributed by atoms with E-state index in [4.69, 9.17) is 18.6 Å². The first-order chi connectivity index (χ1) is 17.9. The first-order valence-corrected chi connectivity index (χ1v) is 11.8. The maximum absolute atomic E-state index is 13.1. The molecule has 9 nitrogen and oxygen atoms in total. The molecule has 0 aliphatic heterocycles. The lowest BCUT2D eigenvalue weighted by atomic mass is 9.87. The summed E-state index contributed by atoms with van der Waals surface area (Å²) in [5.41, 5.74) is 0.777. The Morgan fingerprint density at radius 1 is 1.05 bits per heavy atom. The van der Waals surface area contributed by atoms with Crippen LogP contribution < -0.4 is 25.2 Å². The zero-order chi connectivity index (χ0) is 26.5. The number of aromatic nitrogens is 1. The monoisotopic (exact) mass is 506 g/mol. The number of benzene rings is 2. The Kier molecular flexibility index (Phi) is 7.71. The van der Waals surface area contributed by atoms with E-state index in [1.54, 1.807) is 19.1 Å². The quantitative estimate of drug-likeness (QED) is 0.335. The third-order valence-corrected chi connectivity index (χ3v) is 6.29. The predicted molar refractivity (Wildman–Crippen MR) is 139 cm³/mol.